The van der Waals surface area contributed by atoms with Crippen LogP contribution in [-0.2, 0) is 16.1 Å². The standard InChI is InChI=1S/C25H25N5O4/c1-15-6-3-4-8-18(15)23-28-25(34-29-23)20-13-30(14-21(31)26-12-17-7-5-11-33-17)24-19(22(20)32)10-9-16(2)27-24/h3-4,6,8-10,13,17H,5,7,11-12,14H2,1-2H3,(H,26,31)/t17-/m0/s1. The van der Waals surface area contributed by atoms with E-state index in [1.807, 2.05) is 38.1 Å². The molecular weight excluding hydrogens is 434 g/mol. The van der Waals surface area contributed by atoms with Crippen molar-refractivity contribution in [3.8, 4) is 22.8 Å². The molecule has 1 fully saturated rings. The summed E-state index contributed by atoms with van der Waals surface area (Å²) in [4.78, 5) is 35.0. The Labute approximate surface area is 195 Å². The van der Waals surface area contributed by atoms with Crippen molar-refractivity contribution < 1.29 is 14.1 Å². The van der Waals surface area contributed by atoms with Crippen LogP contribution in [0.3, 0.4) is 0 Å². The van der Waals surface area contributed by atoms with Crippen LogP contribution in [0.4, 0.5) is 0 Å². The van der Waals surface area contributed by atoms with Crippen LogP contribution in [0, 0.1) is 13.8 Å². The van der Waals surface area contributed by atoms with Crippen molar-refractivity contribution in [2.75, 3.05) is 13.2 Å². The van der Waals surface area contributed by atoms with E-state index in [0.29, 0.717) is 23.4 Å². The maximum atomic E-state index is 13.3. The zero-order valence-corrected chi connectivity index (χ0v) is 19.1. The molecule has 0 saturated carbocycles. The van der Waals surface area contributed by atoms with Crippen LogP contribution in [0.25, 0.3) is 33.9 Å². The van der Waals surface area contributed by atoms with Gasteiger partial charge in [0.25, 0.3) is 5.89 Å². The number of aryl methyl sites for hydroxylation is 2. The van der Waals surface area contributed by atoms with Gasteiger partial charge >= 0.3 is 0 Å². The predicted octanol–water partition coefficient (Wildman–Crippen LogP) is 3.03. The van der Waals surface area contributed by atoms with E-state index in [9.17, 15) is 9.59 Å². The van der Waals surface area contributed by atoms with Crippen LogP contribution in [0.1, 0.15) is 24.1 Å². The average Bonchev–Trinajstić information content (AvgIpc) is 3.52. The molecule has 34 heavy (non-hydrogen) atoms. The van der Waals surface area contributed by atoms with E-state index in [-0.39, 0.29) is 35.4 Å². The van der Waals surface area contributed by atoms with Crippen molar-refractivity contribution in [1.29, 1.82) is 0 Å². The molecule has 0 bridgehead atoms. The fourth-order valence-electron chi connectivity index (χ4n) is 4.14. The van der Waals surface area contributed by atoms with Gasteiger partial charge in [0, 0.05) is 30.6 Å². The Morgan fingerprint density at radius 2 is 2.00 bits per heavy atom. The highest BCUT2D eigenvalue weighted by atomic mass is 16.5. The van der Waals surface area contributed by atoms with Gasteiger partial charge in [-0.1, -0.05) is 29.4 Å². The number of benzene rings is 1. The lowest BCUT2D eigenvalue weighted by Gasteiger charge is -2.14. The van der Waals surface area contributed by atoms with Crippen molar-refractivity contribution in [1.82, 2.24) is 25.0 Å². The number of carbonyl (C=O) groups excluding carboxylic acids is 1. The topological polar surface area (TPSA) is 112 Å². The third-order valence-electron chi connectivity index (χ3n) is 5.97. The smallest absolute Gasteiger partial charge is 0.263 e. The van der Waals surface area contributed by atoms with E-state index < -0.39 is 0 Å². The Bertz CT molecular complexity index is 1420. The van der Waals surface area contributed by atoms with Crippen LogP contribution in [-0.4, -0.2) is 44.9 Å². The van der Waals surface area contributed by atoms with Crippen LogP contribution < -0.4 is 10.7 Å². The SMILES string of the molecule is Cc1ccc2c(=O)c(-c3nc(-c4ccccc4C)no3)cn(CC(=O)NC[C@@H]3CCCO3)c2n1. The summed E-state index contributed by atoms with van der Waals surface area (Å²) in [6.45, 7) is 4.97. The molecule has 0 aliphatic carbocycles. The molecule has 1 amide bonds. The molecule has 4 aromatic rings. The molecule has 1 saturated heterocycles. The third-order valence-corrected chi connectivity index (χ3v) is 5.97. The summed E-state index contributed by atoms with van der Waals surface area (Å²) >= 11 is 0. The first-order valence-electron chi connectivity index (χ1n) is 11.3. The lowest BCUT2D eigenvalue weighted by atomic mass is 10.1. The van der Waals surface area contributed by atoms with Gasteiger partial charge in [0.15, 0.2) is 0 Å². The first-order chi connectivity index (χ1) is 16.5. The van der Waals surface area contributed by atoms with Gasteiger partial charge in [0.2, 0.25) is 17.2 Å². The number of hydrogen-bond donors (Lipinski definition) is 1. The summed E-state index contributed by atoms with van der Waals surface area (Å²) in [6, 6.07) is 11.2. The number of pyridine rings is 2. The molecular formula is C25H25N5O4. The molecule has 174 valence electrons. The molecule has 0 unspecified atom stereocenters. The van der Waals surface area contributed by atoms with Crippen LogP contribution in [0.2, 0.25) is 0 Å². The summed E-state index contributed by atoms with van der Waals surface area (Å²) in [5.74, 6) is 0.301. The van der Waals surface area contributed by atoms with Gasteiger partial charge in [0.1, 0.15) is 17.8 Å². The van der Waals surface area contributed by atoms with E-state index in [1.54, 1.807) is 22.9 Å². The zero-order valence-electron chi connectivity index (χ0n) is 19.1. The number of hydrogen-bond acceptors (Lipinski definition) is 7. The fraction of sp³-hybridized carbons (Fsp3) is 0.320. The molecule has 3 aromatic heterocycles. The number of ether oxygens (including phenoxy) is 1. The molecule has 0 spiro atoms. The lowest BCUT2D eigenvalue weighted by molar-refractivity contribution is -0.122. The Hall–Kier alpha value is -3.85. The van der Waals surface area contributed by atoms with Gasteiger partial charge in [0.05, 0.1) is 11.5 Å². The normalized spacial score (nSPS) is 15.6. The van der Waals surface area contributed by atoms with Crippen molar-refractivity contribution in [2.24, 2.45) is 0 Å². The summed E-state index contributed by atoms with van der Waals surface area (Å²) < 4.78 is 12.7. The van der Waals surface area contributed by atoms with Gasteiger partial charge < -0.3 is 19.1 Å². The Kier molecular flexibility index (Phi) is 5.93. The Morgan fingerprint density at radius 3 is 2.79 bits per heavy atom. The maximum Gasteiger partial charge on any atom is 0.263 e. The van der Waals surface area contributed by atoms with Crippen molar-refractivity contribution in [2.45, 2.75) is 39.3 Å². The molecule has 1 N–H and O–H groups in total. The van der Waals surface area contributed by atoms with Crippen molar-refractivity contribution >= 4 is 16.9 Å². The highest BCUT2D eigenvalue weighted by Crippen LogP contribution is 2.24. The molecule has 9 nitrogen and oxygen atoms in total. The first-order valence-corrected chi connectivity index (χ1v) is 11.3. The molecule has 4 heterocycles. The molecule has 9 heteroatoms. The predicted molar refractivity (Wildman–Crippen MR) is 126 cm³/mol. The molecule has 1 aliphatic heterocycles. The molecule has 1 atom stereocenters. The summed E-state index contributed by atoms with van der Waals surface area (Å²) in [6.07, 6.45) is 3.56. The molecule has 5 rings (SSSR count). The molecule has 1 aromatic carbocycles. The second-order valence-electron chi connectivity index (χ2n) is 8.50. The highest BCUT2D eigenvalue weighted by molar-refractivity contribution is 5.83. The van der Waals surface area contributed by atoms with E-state index >= 15 is 0 Å². The minimum Gasteiger partial charge on any atom is -0.376 e. The minimum atomic E-state index is -0.279. The largest absolute Gasteiger partial charge is 0.376 e. The van der Waals surface area contributed by atoms with Crippen LogP contribution in [0.15, 0.2) is 51.9 Å². The van der Waals surface area contributed by atoms with E-state index in [2.05, 4.69) is 20.4 Å². The second-order valence-corrected chi connectivity index (χ2v) is 8.50. The molecule has 1 aliphatic rings. The average molecular weight is 460 g/mol. The fourth-order valence-corrected chi connectivity index (χ4v) is 4.14. The first kappa shape index (κ1) is 22.0. The number of rotatable bonds is 6. The van der Waals surface area contributed by atoms with Gasteiger partial charge in [-0.25, -0.2) is 4.98 Å². The van der Waals surface area contributed by atoms with Gasteiger partial charge in [-0.2, -0.15) is 4.98 Å². The Balaban J connectivity index is 1.51. The minimum absolute atomic E-state index is 0.00819. The second kappa shape index (κ2) is 9.18. The summed E-state index contributed by atoms with van der Waals surface area (Å²) in [5, 5.41) is 7.38. The van der Waals surface area contributed by atoms with Crippen molar-refractivity contribution in [3.05, 3.63) is 64.1 Å². The van der Waals surface area contributed by atoms with Crippen molar-refractivity contribution in [3.63, 3.8) is 0 Å². The van der Waals surface area contributed by atoms with Crippen LogP contribution >= 0.6 is 0 Å². The number of fused-ring (bicyclic) bond motifs is 1. The summed E-state index contributed by atoms with van der Waals surface area (Å²) in [5.41, 5.74) is 2.93. The van der Waals surface area contributed by atoms with Crippen LogP contribution in [0.5, 0.6) is 0 Å². The van der Waals surface area contributed by atoms with E-state index in [1.165, 1.54) is 0 Å². The number of aromatic nitrogens is 4. The Morgan fingerprint density at radius 1 is 1.15 bits per heavy atom. The number of carbonyl (C=O) groups is 1. The monoisotopic (exact) mass is 459 g/mol. The van der Waals surface area contributed by atoms with Gasteiger partial charge in [-0.05, 0) is 44.4 Å². The number of amides is 1. The van der Waals surface area contributed by atoms with E-state index in [0.717, 1.165) is 36.3 Å². The van der Waals surface area contributed by atoms with E-state index in [4.69, 9.17) is 9.26 Å². The third kappa shape index (κ3) is 4.34. The lowest BCUT2D eigenvalue weighted by Crippen LogP contribution is -2.34. The molecule has 0 radical (unpaired) electrons. The summed E-state index contributed by atoms with van der Waals surface area (Å²) in [7, 11) is 0. The highest BCUT2D eigenvalue weighted by Gasteiger charge is 2.20. The zero-order chi connectivity index (χ0) is 23.7. The number of nitrogens with one attached hydrogen (secondary N) is 1. The quantitative estimate of drug-likeness (QED) is 0.472. The maximum absolute atomic E-state index is 13.3. The van der Waals surface area contributed by atoms with Gasteiger partial charge in [-0.15, -0.1) is 0 Å². The van der Waals surface area contributed by atoms with Gasteiger partial charge in [-0.3, -0.25) is 9.59 Å². The number of nitrogens with zero attached hydrogens (tertiary/aromatic N) is 4.